The van der Waals surface area contributed by atoms with Gasteiger partial charge in [-0.1, -0.05) is 40.9 Å². The number of carbonyl (C=O) groups excluding carboxylic acids is 3. The molecule has 0 bridgehead atoms. The fourth-order valence-corrected chi connectivity index (χ4v) is 3.29. The van der Waals surface area contributed by atoms with E-state index in [2.05, 4.69) is 27.6 Å². The zero-order valence-corrected chi connectivity index (χ0v) is 19.3. The Hall–Kier alpha value is -4.05. The van der Waals surface area contributed by atoms with Crippen molar-refractivity contribution in [1.82, 2.24) is 5.16 Å². The SMILES string of the molecule is Cc1noc(C#Cc2ccc(NC3CC3)cc2)c1NC(=O)OC(C)c1ccccc1Cl.O=C=O. The minimum atomic E-state index is -0.641. The van der Waals surface area contributed by atoms with Gasteiger partial charge in [0.1, 0.15) is 17.5 Å². The number of ether oxygens (including phenoxy) is 1. The van der Waals surface area contributed by atoms with Crippen LogP contribution in [0.25, 0.3) is 0 Å². The van der Waals surface area contributed by atoms with Gasteiger partial charge < -0.3 is 14.6 Å². The summed E-state index contributed by atoms with van der Waals surface area (Å²) in [7, 11) is 0. The molecule has 1 unspecified atom stereocenters. The summed E-state index contributed by atoms with van der Waals surface area (Å²) in [5.74, 6) is 6.23. The van der Waals surface area contributed by atoms with Crippen LogP contribution in [0.5, 0.6) is 0 Å². The van der Waals surface area contributed by atoms with Crippen LogP contribution in [0.15, 0.2) is 53.1 Å². The van der Waals surface area contributed by atoms with Gasteiger partial charge in [0.25, 0.3) is 0 Å². The molecule has 2 N–H and O–H groups in total. The van der Waals surface area contributed by atoms with Crippen LogP contribution in [0.1, 0.15) is 48.5 Å². The number of aryl methyl sites for hydroxylation is 1. The average Bonchev–Trinajstić information content (AvgIpc) is 3.57. The lowest BCUT2D eigenvalue weighted by atomic mass is 10.1. The Morgan fingerprint density at radius 2 is 1.82 bits per heavy atom. The Bertz CT molecular complexity index is 1230. The van der Waals surface area contributed by atoms with E-state index in [1.807, 2.05) is 42.5 Å². The summed E-state index contributed by atoms with van der Waals surface area (Å²) in [5, 5.41) is 10.6. The van der Waals surface area contributed by atoms with E-state index in [9.17, 15) is 4.79 Å². The molecule has 34 heavy (non-hydrogen) atoms. The first-order chi connectivity index (χ1) is 16.4. The van der Waals surface area contributed by atoms with E-state index in [0.717, 1.165) is 16.8 Å². The first kappa shape index (κ1) is 24.6. The highest BCUT2D eigenvalue weighted by Gasteiger charge is 2.20. The first-order valence-electron chi connectivity index (χ1n) is 10.5. The molecule has 0 radical (unpaired) electrons. The fraction of sp³-hybridized carbons (Fsp3) is 0.240. The Morgan fingerprint density at radius 3 is 2.47 bits per heavy atom. The molecule has 1 heterocycles. The van der Waals surface area contributed by atoms with Gasteiger partial charge in [0.2, 0.25) is 5.76 Å². The maximum atomic E-state index is 12.4. The van der Waals surface area contributed by atoms with Gasteiger partial charge in [-0.25, -0.2) is 4.79 Å². The molecular weight excluding hydrogens is 458 g/mol. The Kier molecular flexibility index (Phi) is 8.47. The third-order valence-corrected chi connectivity index (χ3v) is 5.21. The van der Waals surface area contributed by atoms with Crippen LogP contribution >= 0.6 is 11.6 Å². The summed E-state index contributed by atoms with van der Waals surface area (Å²) in [4.78, 5) is 28.7. The molecule has 1 fully saturated rings. The maximum Gasteiger partial charge on any atom is 0.412 e. The quantitative estimate of drug-likeness (QED) is 0.475. The lowest BCUT2D eigenvalue weighted by Crippen LogP contribution is -2.17. The fourth-order valence-electron chi connectivity index (χ4n) is 3.00. The van der Waals surface area contributed by atoms with Gasteiger partial charge >= 0.3 is 12.2 Å². The van der Waals surface area contributed by atoms with Crippen LogP contribution in [0.4, 0.5) is 16.2 Å². The third kappa shape index (κ3) is 6.97. The smallest absolute Gasteiger partial charge is 0.412 e. The molecule has 0 spiro atoms. The molecule has 1 aromatic heterocycles. The zero-order chi connectivity index (χ0) is 24.5. The van der Waals surface area contributed by atoms with Crippen LogP contribution in [-0.4, -0.2) is 23.4 Å². The van der Waals surface area contributed by atoms with Crippen molar-refractivity contribution < 1.29 is 23.6 Å². The third-order valence-electron chi connectivity index (χ3n) is 4.87. The van der Waals surface area contributed by atoms with Crippen molar-refractivity contribution in [2.45, 2.75) is 38.8 Å². The molecule has 1 atom stereocenters. The van der Waals surface area contributed by atoms with Crippen molar-refractivity contribution in [3.05, 3.63) is 76.1 Å². The average molecular weight is 480 g/mol. The van der Waals surface area contributed by atoms with E-state index in [-0.39, 0.29) is 11.9 Å². The van der Waals surface area contributed by atoms with Gasteiger partial charge in [0, 0.05) is 27.9 Å². The van der Waals surface area contributed by atoms with Crippen molar-refractivity contribution in [2.24, 2.45) is 0 Å². The number of aromatic nitrogens is 1. The normalized spacial score (nSPS) is 12.7. The topological polar surface area (TPSA) is 111 Å². The summed E-state index contributed by atoms with van der Waals surface area (Å²) in [6.45, 7) is 3.48. The number of nitrogens with zero attached hydrogens (tertiary/aromatic N) is 1. The summed E-state index contributed by atoms with van der Waals surface area (Å²) in [5.41, 5.74) is 3.53. The lowest BCUT2D eigenvalue weighted by Gasteiger charge is -2.15. The number of nitrogens with one attached hydrogen (secondary N) is 2. The van der Waals surface area contributed by atoms with Gasteiger partial charge in [-0.15, -0.1) is 0 Å². The number of halogens is 1. The Morgan fingerprint density at radius 1 is 1.15 bits per heavy atom. The van der Waals surface area contributed by atoms with Crippen molar-refractivity contribution in [3.8, 4) is 11.8 Å². The summed E-state index contributed by atoms with van der Waals surface area (Å²) >= 11 is 6.17. The number of hydrogen-bond donors (Lipinski definition) is 2. The van der Waals surface area contributed by atoms with Crippen LogP contribution < -0.4 is 10.6 Å². The van der Waals surface area contributed by atoms with Gasteiger partial charge in [-0.3, -0.25) is 5.32 Å². The summed E-state index contributed by atoms with van der Waals surface area (Å²) < 4.78 is 10.7. The minimum absolute atomic E-state index is 0.250. The highest BCUT2D eigenvalue weighted by Crippen LogP contribution is 2.27. The molecular formula is C25H22ClN3O5. The standard InChI is InChI=1S/C24H22ClN3O3.CO2/c1-15-23(27-24(29)30-16(2)20-5-3-4-6-21(20)25)22(31-28-15)14-9-17-7-10-18(11-8-17)26-19-12-13-19;2-1-3/h3-8,10-11,16,19,26H,12-13H2,1-2H3,(H,27,29);. The summed E-state index contributed by atoms with van der Waals surface area (Å²) in [6, 6.07) is 15.7. The lowest BCUT2D eigenvalue weighted by molar-refractivity contribution is -0.191. The number of carbonyl (C=O) groups is 1. The van der Waals surface area contributed by atoms with E-state index >= 15 is 0 Å². The Balaban J connectivity index is 0.00000103. The molecule has 4 rings (SSSR count). The van der Waals surface area contributed by atoms with Crippen LogP contribution in [0.2, 0.25) is 5.02 Å². The predicted octanol–water partition coefficient (Wildman–Crippen LogP) is 5.34. The van der Waals surface area contributed by atoms with Crippen molar-refractivity contribution in [2.75, 3.05) is 10.6 Å². The number of anilines is 2. The van der Waals surface area contributed by atoms with Gasteiger partial charge in [-0.05, 0) is 62.9 Å². The van der Waals surface area contributed by atoms with Crippen LogP contribution in [0, 0.1) is 18.8 Å². The summed E-state index contributed by atoms with van der Waals surface area (Å²) in [6.07, 6.45) is 1.53. The highest BCUT2D eigenvalue weighted by atomic mass is 35.5. The monoisotopic (exact) mass is 479 g/mol. The molecule has 1 aliphatic carbocycles. The van der Waals surface area contributed by atoms with Crippen molar-refractivity contribution in [3.63, 3.8) is 0 Å². The van der Waals surface area contributed by atoms with E-state index in [1.165, 1.54) is 12.8 Å². The zero-order valence-electron chi connectivity index (χ0n) is 18.6. The van der Waals surface area contributed by atoms with Crippen molar-refractivity contribution >= 4 is 35.2 Å². The number of amides is 1. The van der Waals surface area contributed by atoms with E-state index in [1.54, 1.807) is 19.9 Å². The molecule has 3 aromatic rings. The van der Waals surface area contributed by atoms with Crippen LogP contribution in [0.3, 0.4) is 0 Å². The number of rotatable bonds is 5. The van der Waals surface area contributed by atoms with Gasteiger partial charge in [0.05, 0.1) is 0 Å². The largest absolute Gasteiger partial charge is 0.441 e. The number of benzene rings is 2. The highest BCUT2D eigenvalue weighted by molar-refractivity contribution is 6.31. The second-order valence-corrected chi connectivity index (χ2v) is 7.90. The van der Waals surface area contributed by atoms with Gasteiger partial charge in [-0.2, -0.15) is 9.59 Å². The molecule has 174 valence electrons. The van der Waals surface area contributed by atoms with Crippen LogP contribution in [-0.2, 0) is 14.3 Å². The van der Waals surface area contributed by atoms with Crippen molar-refractivity contribution in [1.29, 1.82) is 0 Å². The van der Waals surface area contributed by atoms with E-state index < -0.39 is 12.2 Å². The van der Waals surface area contributed by atoms with Gasteiger partial charge in [0.15, 0.2) is 0 Å². The molecule has 9 heteroatoms. The molecule has 8 nitrogen and oxygen atoms in total. The number of hydrogen-bond acceptors (Lipinski definition) is 7. The van der Waals surface area contributed by atoms with E-state index in [4.69, 9.17) is 30.4 Å². The molecule has 0 aliphatic heterocycles. The maximum absolute atomic E-state index is 12.4. The van der Waals surface area contributed by atoms with E-state index in [0.29, 0.717) is 22.4 Å². The molecule has 2 aromatic carbocycles. The minimum Gasteiger partial charge on any atom is -0.441 e. The predicted molar refractivity (Wildman–Crippen MR) is 125 cm³/mol. The second-order valence-electron chi connectivity index (χ2n) is 7.50. The molecule has 1 amide bonds. The molecule has 0 saturated heterocycles. The first-order valence-corrected chi connectivity index (χ1v) is 10.8. The molecule has 1 aliphatic rings. The Labute approximate surface area is 201 Å². The second kappa shape index (κ2) is 11.7. The molecule has 1 saturated carbocycles.